The second-order valence-corrected chi connectivity index (χ2v) is 5.10. The van der Waals surface area contributed by atoms with Crippen molar-refractivity contribution in [3.63, 3.8) is 0 Å². The minimum Gasteiger partial charge on any atom is -0.494 e. The lowest BCUT2D eigenvalue weighted by Crippen LogP contribution is -2.10. The summed E-state index contributed by atoms with van der Waals surface area (Å²) in [5.74, 6) is 0.777. The molecule has 0 aliphatic heterocycles. The second-order valence-electron chi connectivity index (χ2n) is 5.10. The first-order valence-electron chi connectivity index (χ1n) is 7.92. The Balaban J connectivity index is 1.74. The first-order chi connectivity index (χ1) is 11.8. The number of nitrogens with zero attached hydrogens (tertiary/aromatic N) is 2. The molecule has 0 spiro atoms. The van der Waals surface area contributed by atoms with E-state index in [0.717, 1.165) is 30.6 Å². The molecule has 6 heteroatoms. The lowest BCUT2D eigenvalue weighted by atomic mass is 10.2. The monoisotopic (exact) mass is 327 g/mol. The average Bonchev–Trinajstić information content (AvgIpc) is 2.61. The summed E-state index contributed by atoms with van der Waals surface area (Å²) in [5, 5.41) is 6.20. The van der Waals surface area contributed by atoms with Gasteiger partial charge in [-0.25, -0.2) is 4.79 Å². The predicted molar refractivity (Wildman–Crippen MR) is 93.4 cm³/mol. The Kier molecular flexibility index (Phi) is 7.27. The van der Waals surface area contributed by atoms with Crippen molar-refractivity contribution in [1.29, 1.82) is 0 Å². The van der Waals surface area contributed by atoms with E-state index in [0.29, 0.717) is 12.3 Å². The van der Waals surface area contributed by atoms with Crippen LogP contribution in [0.4, 0.5) is 10.5 Å². The zero-order valence-corrected chi connectivity index (χ0v) is 13.6. The van der Waals surface area contributed by atoms with Crippen LogP contribution in [0.3, 0.4) is 0 Å². The van der Waals surface area contributed by atoms with Gasteiger partial charge in [0.05, 0.1) is 12.8 Å². The molecule has 0 unspecified atom stereocenters. The Labute approximate surface area is 141 Å². The molecule has 1 amide bonds. The summed E-state index contributed by atoms with van der Waals surface area (Å²) in [4.78, 5) is 20.3. The van der Waals surface area contributed by atoms with Crippen LogP contribution in [0.5, 0.6) is 5.75 Å². The van der Waals surface area contributed by atoms with Gasteiger partial charge in [-0.1, -0.05) is 31.0 Å². The first kappa shape index (κ1) is 17.5. The number of carbonyl (C=O) groups is 1. The molecule has 0 saturated heterocycles. The highest BCUT2D eigenvalue weighted by Crippen LogP contribution is 2.16. The minimum atomic E-state index is -0.660. The number of aromatic nitrogens is 1. The largest absolute Gasteiger partial charge is 0.494 e. The normalized spacial score (nSPS) is 10.5. The maximum absolute atomic E-state index is 11.6. The molecule has 0 radical (unpaired) electrons. The van der Waals surface area contributed by atoms with Crippen LogP contribution < -0.4 is 10.1 Å². The summed E-state index contributed by atoms with van der Waals surface area (Å²) in [6, 6.07) is 10.7. The molecule has 1 heterocycles. The van der Waals surface area contributed by atoms with E-state index in [9.17, 15) is 4.79 Å². The SMILES string of the molecule is CCCCCOc1ccc(NC(=O)O/N=C/c2cccnc2)cc1. The number of hydrogen-bond donors (Lipinski definition) is 1. The van der Waals surface area contributed by atoms with Crippen LogP contribution in [0.1, 0.15) is 31.7 Å². The smallest absolute Gasteiger partial charge is 0.437 e. The van der Waals surface area contributed by atoms with Gasteiger partial charge in [0, 0.05) is 23.6 Å². The van der Waals surface area contributed by atoms with Crippen molar-refractivity contribution in [1.82, 2.24) is 4.98 Å². The van der Waals surface area contributed by atoms with Gasteiger partial charge >= 0.3 is 6.09 Å². The summed E-state index contributed by atoms with van der Waals surface area (Å²) >= 11 is 0. The van der Waals surface area contributed by atoms with Gasteiger partial charge in [0.15, 0.2) is 0 Å². The zero-order chi connectivity index (χ0) is 17.0. The maximum atomic E-state index is 11.6. The molecule has 2 aromatic rings. The number of unbranched alkanes of at least 4 members (excludes halogenated alkanes) is 2. The van der Waals surface area contributed by atoms with Crippen LogP contribution in [0.25, 0.3) is 0 Å². The number of anilines is 1. The number of rotatable bonds is 8. The van der Waals surface area contributed by atoms with Crippen LogP contribution in [0.15, 0.2) is 53.9 Å². The van der Waals surface area contributed by atoms with Crippen LogP contribution in [0.2, 0.25) is 0 Å². The standard InChI is InChI=1S/C18H21N3O3/c1-2-3-4-12-23-17-9-7-16(8-10-17)21-18(22)24-20-14-15-6-5-11-19-13-15/h5-11,13-14H,2-4,12H2,1H3,(H,21,22)/b20-14+. The van der Waals surface area contributed by atoms with Crippen molar-refractivity contribution in [3.8, 4) is 5.75 Å². The summed E-state index contributed by atoms with van der Waals surface area (Å²) < 4.78 is 5.61. The number of oxime groups is 1. The molecule has 126 valence electrons. The number of benzene rings is 1. The van der Waals surface area contributed by atoms with Gasteiger partial charge in [-0.05, 0) is 36.8 Å². The van der Waals surface area contributed by atoms with Crippen LogP contribution in [-0.4, -0.2) is 23.9 Å². The van der Waals surface area contributed by atoms with E-state index < -0.39 is 6.09 Å². The van der Waals surface area contributed by atoms with Crippen molar-refractivity contribution in [2.75, 3.05) is 11.9 Å². The van der Waals surface area contributed by atoms with Crippen molar-refractivity contribution >= 4 is 18.0 Å². The van der Waals surface area contributed by atoms with Gasteiger partial charge in [0.2, 0.25) is 0 Å². The third-order valence-corrected chi connectivity index (χ3v) is 3.14. The Morgan fingerprint density at radius 3 is 2.79 bits per heavy atom. The minimum absolute atomic E-state index is 0.609. The Bertz CT molecular complexity index is 642. The number of ether oxygens (including phenoxy) is 1. The molecule has 0 bridgehead atoms. The molecule has 0 atom stereocenters. The van der Waals surface area contributed by atoms with Crippen molar-refractivity contribution in [3.05, 3.63) is 54.4 Å². The van der Waals surface area contributed by atoms with Crippen LogP contribution in [-0.2, 0) is 4.84 Å². The molecule has 0 aliphatic rings. The van der Waals surface area contributed by atoms with E-state index in [2.05, 4.69) is 22.4 Å². The Morgan fingerprint density at radius 2 is 2.08 bits per heavy atom. The Morgan fingerprint density at radius 1 is 1.25 bits per heavy atom. The molecule has 1 N–H and O–H groups in total. The van der Waals surface area contributed by atoms with Crippen molar-refractivity contribution in [2.45, 2.75) is 26.2 Å². The number of carbonyl (C=O) groups excluding carboxylic acids is 1. The quantitative estimate of drug-likeness (QED) is 0.341. The third kappa shape index (κ3) is 6.48. The van der Waals surface area contributed by atoms with Gasteiger partial charge in [-0.3, -0.25) is 15.1 Å². The number of amides is 1. The fourth-order valence-electron chi connectivity index (χ4n) is 1.90. The molecule has 0 saturated carbocycles. The molecular formula is C18H21N3O3. The average molecular weight is 327 g/mol. The highest BCUT2D eigenvalue weighted by atomic mass is 16.7. The molecule has 24 heavy (non-hydrogen) atoms. The first-order valence-corrected chi connectivity index (χ1v) is 7.92. The lowest BCUT2D eigenvalue weighted by Gasteiger charge is -2.07. The number of nitrogens with one attached hydrogen (secondary N) is 1. The number of pyridine rings is 1. The van der Waals surface area contributed by atoms with Crippen molar-refractivity contribution in [2.24, 2.45) is 5.16 Å². The molecular weight excluding hydrogens is 306 g/mol. The van der Waals surface area contributed by atoms with E-state index in [1.807, 2.05) is 0 Å². The van der Waals surface area contributed by atoms with Gasteiger partial charge in [0.25, 0.3) is 0 Å². The highest BCUT2D eigenvalue weighted by Gasteiger charge is 2.03. The topological polar surface area (TPSA) is 72.8 Å². The maximum Gasteiger partial charge on any atom is 0.437 e. The van der Waals surface area contributed by atoms with Crippen molar-refractivity contribution < 1.29 is 14.4 Å². The highest BCUT2D eigenvalue weighted by molar-refractivity contribution is 5.85. The Hall–Kier alpha value is -2.89. The molecule has 0 fully saturated rings. The molecule has 1 aromatic carbocycles. The van der Waals surface area contributed by atoms with E-state index in [1.165, 1.54) is 6.21 Å². The lowest BCUT2D eigenvalue weighted by molar-refractivity contribution is 0.167. The fraction of sp³-hybridized carbons (Fsp3) is 0.278. The van der Waals surface area contributed by atoms with E-state index in [1.54, 1.807) is 48.8 Å². The second kappa shape index (κ2) is 9.99. The molecule has 6 nitrogen and oxygen atoms in total. The fourth-order valence-corrected chi connectivity index (χ4v) is 1.90. The zero-order valence-electron chi connectivity index (χ0n) is 13.6. The van der Waals surface area contributed by atoms with Gasteiger partial charge in [-0.2, -0.15) is 0 Å². The third-order valence-electron chi connectivity index (χ3n) is 3.14. The summed E-state index contributed by atoms with van der Waals surface area (Å²) in [6.45, 7) is 2.85. The summed E-state index contributed by atoms with van der Waals surface area (Å²) in [6.07, 6.45) is 7.39. The van der Waals surface area contributed by atoms with E-state index >= 15 is 0 Å². The predicted octanol–water partition coefficient (Wildman–Crippen LogP) is 4.23. The van der Waals surface area contributed by atoms with Gasteiger partial charge < -0.3 is 4.74 Å². The van der Waals surface area contributed by atoms with Crippen LogP contribution in [0, 0.1) is 0 Å². The molecule has 1 aromatic heterocycles. The van der Waals surface area contributed by atoms with E-state index in [-0.39, 0.29) is 0 Å². The molecule has 2 rings (SSSR count). The summed E-state index contributed by atoms with van der Waals surface area (Å²) in [7, 11) is 0. The molecule has 0 aliphatic carbocycles. The van der Waals surface area contributed by atoms with Gasteiger partial charge in [-0.15, -0.1) is 0 Å². The number of hydrogen-bond acceptors (Lipinski definition) is 5. The van der Waals surface area contributed by atoms with Gasteiger partial charge in [0.1, 0.15) is 5.75 Å². The van der Waals surface area contributed by atoms with E-state index in [4.69, 9.17) is 9.57 Å². The summed E-state index contributed by atoms with van der Waals surface area (Å²) in [5.41, 5.74) is 1.35. The van der Waals surface area contributed by atoms with Crippen LogP contribution >= 0.6 is 0 Å².